The van der Waals surface area contributed by atoms with Gasteiger partial charge in [-0.2, -0.15) is 5.26 Å². The Labute approximate surface area is 84.6 Å². The molecule has 14 heavy (non-hydrogen) atoms. The fraction of sp³-hybridized carbons (Fsp3) is 0. The summed E-state index contributed by atoms with van der Waals surface area (Å²) in [6, 6.07) is 5.26. The largest absolute Gasteiger partial charge is 0.345 e. The predicted octanol–water partition coefficient (Wildman–Crippen LogP) is 2.45. The molecule has 1 rings (SSSR count). The van der Waals surface area contributed by atoms with Gasteiger partial charge in [0.2, 0.25) is 0 Å². The van der Waals surface area contributed by atoms with Crippen molar-refractivity contribution in [3.8, 4) is 6.07 Å². The number of nitriles is 1. The van der Waals surface area contributed by atoms with E-state index in [1.165, 1.54) is 29.6 Å². The van der Waals surface area contributed by atoms with Crippen molar-refractivity contribution in [3.05, 3.63) is 50.4 Å². The van der Waals surface area contributed by atoms with Gasteiger partial charge in [0.1, 0.15) is 0 Å². The third-order valence-electron chi connectivity index (χ3n) is 1.37. The summed E-state index contributed by atoms with van der Waals surface area (Å²) in [5.41, 5.74) is -0.460. The van der Waals surface area contributed by atoms with Gasteiger partial charge < -0.3 is 0 Å². The molecule has 0 aliphatic rings. The highest BCUT2D eigenvalue weighted by molar-refractivity contribution is 7.10. The van der Waals surface area contributed by atoms with Gasteiger partial charge in [-0.3, -0.25) is 10.1 Å². The van der Waals surface area contributed by atoms with E-state index in [1.807, 2.05) is 17.5 Å². The quantitative estimate of drug-likeness (QED) is 0.330. The van der Waals surface area contributed by atoms with Gasteiger partial charge in [-0.15, -0.1) is 11.3 Å². The van der Waals surface area contributed by atoms with Gasteiger partial charge in [0, 0.05) is 11.0 Å². The van der Waals surface area contributed by atoms with Crippen molar-refractivity contribution in [1.29, 1.82) is 5.26 Å². The Bertz CT molecular complexity index is 413. The number of allylic oxidation sites excluding steroid dienone is 3. The maximum atomic E-state index is 10.2. The lowest BCUT2D eigenvalue weighted by Gasteiger charge is -1.82. The highest BCUT2D eigenvalue weighted by Crippen LogP contribution is 2.10. The molecule has 70 valence electrons. The molecule has 5 heteroatoms. The number of hydrogen-bond donors (Lipinski definition) is 0. The van der Waals surface area contributed by atoms with Gasteiger partial charge in [-0.05, 0) is 17.5 Å². The Kier molecular flexibility index (Phi) is 3.58. The summed E-state index contributed by atoms with van der Waals surface area (Å²) in [5, 5.41) is 20.5. The van der Waals surface area contributed by atoms with Gasteiger partial charge >= 0.3 is 5.70 Å². The van der Waals surface area contributed by atoms with Gasteiger partial charge in [-0.25, -0.2) is 0 Å². The van der Waals surface area contributed by atoms with Gasteiger partial charge in [-0.1, -0.05) is 12.1 Å². The van der Waals surface area contributed by atoms with E-state index in [4.69, 9.17) is 5.26 Å². The van der Waals surface area contributed by atoms with E-state index < -0.39 is 10.6 Å². The molecule has 0 unspecified atom stereocenters. The van der Waals surface area contributed by atoms with Gasteiger partial charge in [0.25, 0.3) is 0 Å². The Morgan fingerprint density at radius 1 is 1.71 bits per heavy atom. The molecule has 0 amide bonds. The van der Waals surface area contributed by atoms with Crippen molar-refractivity contribution in [1.82, 2.24) is 0 Å². The van der Waals surface area contributed by atoms with Crippen molar-refractivity contribution < 1.29 is 4.92 Å². The van der Waals surface area contributed by atoms with Gasteiger partial charge in [0.05, 0.1) is 4.92 Å². The van der Waals surface area contributed by atoms with Crippen LogP contribution < -0.4 is 0 Å². The van der Waals surface area contributed by atoms with Crippen LogP contribution in [0.1, 0.15) is 4.88 Å². The lowest BCUT2D eigenvalue weighted by atomic mass is 10.3. The zero-order valence-electron chi connectivity index (χ0n) is 7.08. The maximum absolute atomic E-state index is 10.2. The van der Waals surface area contributed by atoms with Crippen LogP contribution in [0.25, 0.3) is 6.08 Å². The van der Waals surface area contributed by atoms with E-state index in [2.05, 4.69) is 0 Å². The van der Waals surface area contributed by atoms with Crippen molar-refractivity contribution >= 4 is 17.4 Å². The van der Waals surface area contributed by atoms with E-state index in [9.17, 15) is 10.1 Å². The third kappa shape index (κ3) is 2.84. The molecule has 0 aromatic carbocycles. The average Bonchev–Trinajstić information content (AvgIpc) is 2.64. The summed E-state index contributed by atoms with van der Waals surface area (Å²) in [4.78, 5) is 10.5. The lowest BCUT2D eigenvalue weighted by Crippen LogP contribution is -1.94. The molecule has 0 bridgehead atoms. The molecule has 0 aliphatic heterocycles. The predicted molar refractivity (Wildman–Crippen MR) is 54.0 cm³/mol. The summed E-state index contributed by atoms with van der Waals surface area (Å²) in [6.07, 6.45) is 4.39. The molecule has 1 aromatic rings. The minimum Gasteiger partial charge on any atom is -0.258 e. The molecule has 0 atom stereocenters. The van der Waals surface area contributed by atoms with Crippen molar-refractivity contribution in [2.45, 2.75) is 0 Å². The SMILES string of the molecule is N#C/C(=C/C=C/c1cccs1)[N+](=O)[O-]. The second-order valence-electron chi connectivity index (χ2n) is 2.30. The minimum atomic E-state index is -0.710. The fourth-order valence-electron chi connectivity index (χ4n) is 0.759. The first-order valence-electron chi connectivity index (χ1n) is 3.70. The van der Waals surface area contributed by atoms with Crippen molar-refractivity contribution in [2.75, 3.05) is 0 Å². The van der Waals surface area contributed by atoms with E-state index in [-0.39, 0.29) is 0 Å². The number of rotatable bonds is 3. The first-order valence-corrected chi connectivity index (χ1v) is 4.58. The Morgan fingerprint density at radius 2 is 2.50 bits per heavy atom. The van der Waals surface area contributed by atoms with Crippen LogP contribution in [0, 0.1) is 21.4 Å². The number of nitrogens with zero attached hydrogens (tertiary/aromatic N) is 2. The summed E-state index contributed by atoms with van der Waals surface area (Å²) in [7, 11) is 0. The average molecular weight is 206 g/mol. The molecule has 4 nitrogen and oxygen atoms in total. The van der Waals surface area contributed by atoms with Crippen LogP contribution in [0.5, 0.6) is 0 Å². The Hall–Kier alpha value is -1.93. The van der Waals surface area contributed by atoms with E-state index in [0.717, 1.165) is 4.88 Å². The first-order chi connectivity index (χ1) is 6.74. The summed E-state index contributed by atoms with van der Waals surface area (Å²) >= 11 is 1.52. The smallest absolute Gasteiger partial charge is 0.258 e. The van der Waals surface area contributed by atoms with Gasteiger partial charge in [0.15, 0.2) is 6.07 Å². The first kappa shape index (κ1) is 10.2. The molecule has 0 saturated heterocycles. The highest BCUT2D eigenvalue weighted by atomic mass is 32.1. The maximum Gasteiger partial charge on any atom is 0.345 e. The second kappa shape index (κ2) is 4.94. The molecule has 0 saturated carbocycles. The summed E-state index contributed by atoms with van der Waals surface area (Å²) in [6.45, 7) is 0. The number of nitro groups is 1. The molecule has 0 fully saturated rings. The van der Waals surface area contributed by atoms with E-state index >= 15 is 0 Å². The molecule has 0 aliphatic carbocycles. The van der Waals surface area contributed by atoms with Crippen LogP contribution in [-0.4, -0.2) is 4.92 Å². The minimum absolute atomic E-state index is 0.460. The number of thiophene rings is 1. The monoisotopic (exact) mass is 206 g/mol. The van der Waals surface area contributed by atoms with Crippen LogP contribution >= 0.6 is 11.3 Å². The fourth-order valence-corrected chi connectivity index (χ4v) is 1.39. The Morgan fingerprint density at radius 3 is 3.00 bits per heavy atom. The molecule has 0 N–H and O–H groups in total. The summed E-state index contributed by atoms with van der Waals surface area (Å²) in [5.74, 6) is 0. The van der Waals surface area contributed by atoms with E-state index in [0.29, 0.717) is 0 Å². The molecule has 1 heterocycles. The zero-order valence-corrected chi connectivity index (χ0v) is 7.90. The topological polar surface area (TPSA) is 66.9 Å². The normalized spacial score (nSPS) is 11.5. The lowest BCUT2D eigenvalue weighted by molar-refractivity contribution is -0.417. The van der Waals surface area contributed by atoms with Crippen LogP contribution in [0.3, 0.4) is 0 Å². The summed E-state index contributed by atoms with van der Waals surface area (Å²) < 4.78 is 0. The zero-order chi connectivity index (χ0) is 10.4. The van der Waals surface area contributed by atoms with Crippen molar-refractivity contribution in [2.24, 2.45) is 0 Å². The van der Waals surface area contributed by atoms with Crippen LogP contribution in [0.15, 0.2) is 35.4 Å². The highest BCUT2D eigenvalue weighted by Gasteiger charge is 2.05. The molecule has 1 aromatic heterocycles. The van der Waals surface area contributed by atoms with Crippen LogP contribution in [0.2, 0.25) is 0 Å². The Balaban J connectivity index is 2.71. The molecular formula is C9H6N2O2S. The molecule has 0 radical (unpaired) electrons. The van der Waals surface area contributed by atoms with Crippen LogP contribution in [-0.2, 0) is 0 Å². The molecular weight excluding hydrogens is 200 g/mol. The second-order valence-corrected chi connectivity index (χ2v) is 3.27. The number of hydrogen-bond acceptors (Lipinski definition) is 4. The van der Waals surface area contributed by atoms with Crippen LogP contribution in [0.4, 0.5) is 0 Å². The standard InChI is InChI=1S/C9H6N2O2S/c10-7-8(11(12)13)3-1-4-9-5-2-6-14-9/h1-6H/b4-1+,8-3-. The van der Waals surface area contributed by atoms with E-state index in [1.54, 1.807) is 6.08 Å². The van der Waals surface area contributed by atoms with Crippen molar-refractivity contribution in [3.63, 3.8) is 0 Å². The third-order valence-corrected chi connectivity index (χ3v) is 2.21. The molecule has 0 spiro atoms.